The van der Waals surface area contributed by atoms with Crippen LogP contribution in [0.1, 0.15) is 45.7 Å². The first kappa shape index (κ1) is 27.1. The fraction of sp³-hybridized carbons (Fsp3) is 0.139. The summed E-state index contributed by atoms with van der Waals surface area (Å²) in [4.78, 5) is 2.45. The van der Waals surface area contributed by atoms with Crippen molar-refractivity contribution in [2.24, 2.45) is 0 Å². The van der Waals surface area contributed by atoms with E-state index in [2.05, 4.69) is 137 Å². The Morgan fingerprint density at radius 1 is 0.595 bits per heavy atom. The molecule has 1 atom stereocenters. The van der Waals surface area contributed by atoms with E-state index in [9.17, 15) is 0 Å². The summed E-state index contributed by atoms with van der Waals surface area (Å²) in [5, 5.41) is 13.7. The second-order valence-corrected chi connectivity index (χ2v) is 10.3. The highest BCUT2D eigenvalue weighted by atomic mass is 16.5. The number of hydrogen-bond acceptors (Lipinski definition) is 5. The fourth-order valence-electron chi connectivity index (χ4n) is 5.49. The highest BCUT2D eigenvalue weighted by Gasteiger charge is 2.32. The molecule has 6 aromatic rings. The minimum atomic E-state index is -0.249. The molecule has 0 radical (unpaired) electrons. The third-order valence-electron chi connectivity index (χ3n) is 7.49. The normalized spacial score (nSPS) is 12.0. The van der Waals surface area contributed by atoms with Gasteiger partial charge in [-0.2, -0.15) is 0 Å². The Hall–Kier alpha value is -5.07. The van der Waals surface area contributed by atoms with Gasteiger partial charge in [0, 0.05) is 13.1 Å². The summed E-state index contributed by atoms with van der Waals surface area (Å²) in [7, 11) is 1.69. The van der Waals surface area contributed by atoms with Crippen molar-refractivity contribution in [1.82, 2.24) is 25.1 Å². The third-order valence-corrected chi connectivity index (χ3v) is 7.49. The molecule has 208 valence electrons. The van der Waals surface area contributed by atoms with E-state index in [4.69, 9.17) is 9.84 Å². The van der Waals surface area contributed by atoms with E-state index >= 15 is 0 Å². The highest BCUT2D eigenvalue weighted by molar-refractivity contribution is 5.36. The van der Waals surface area contributed by atoms with Gasteiger partial charge in [-0.25, -0.2) is 4.68 Å². The zero-order valence-corrected chi connectivity index (χ0v) is 23.6. The van der Waals surface area contributed by atoms with Crippen LogP contribution < -0.4 is 4.74 Å². The molecule has 1 aromatic heterocycles. The van der Waals surface area contributed by atoms with Gasteiger partial charge in [-0.05, 0) is 50.4 Å². The smallest absolute Gasteiger partial charge is 0.174 e. The number of nitrogens with zero attached hydrogens (tertiary/aromatic N) is 5. The van der Waals surface area contributed by atoms with Crippen molar-refractivity contribution >= 4 is 0 Å². The van der Waals surface area contributed by atoms with Gasteiger partial charge in [-0.1, -0.05) is 133 Å². The molecular weight excluding hydrogens is 518 g/mol. The van der Waals surface area contributed by atoms with Gasteiger partial charge >= 0.3 is 0 Å². The minimum Gasteiger partial charge on any atom is -0.497 e. The van der Waals surface area contributed by atoms with Gasteiger partial charge in [0.1, 0.15) is 11.8 Å². The van der Waals surface area contributed by atoms with Crippen molar-refractivity contribution in [1.29, 1.82) is 0 Å². The number of methoxy groups -OCH3 is 1. The summed E-state index contributed by atoms with van der Waals surface area (Å²) < 4.78 is 7.50. The second kappa shape index (κ2) is 13.1. The van der Waals surface area contributed by atoms with Crippen LogP contribution in [0.15, 0.2) is 146 Å². The summed E-state index contributed by atoms with van der Waals surface area (Å²) in [5.41, 5.74) is 5.74. The van der Waals surface area contributed by atoms with Crippen LogP contribution >= 0.6 is 0 Å². The van der Waals surface area contributed by atoms with E-state index in [-0.39, 0.29) is 12.1 Å². The van der Waals surface area contributed by atoms with Crippen LogP contribution in [0.4, 0.5) is 0 Å². The molecule has 1 heterocycles. The SMILES string of the molecule is COc1ccc(C(c2nnnn2C(c2ccccc2)c2ccccc2)N(Cc2ccccc2)Cc2ccccc2)cc1. The van der Waals surface area contributed by atoms with Crippen LogP contribution in [0.5, 0.6) is 5.75 Å². The summed E-state index contributed by atoms with van der Waals surface area (Å²) >= 11 is 0. The van der Waals surface area contributed by atoms with E-state index < -0.39 is 0 Å². The molecule has 6 heteroatoms. The van der Waals surface area contributed by atoms with Gasteiger partial charge in [0.2, 0.25) is 0 Å². The summed E-state index contributed by atoms with van der Waals surface area (Å²) in [5.74, 6) is 1.57. The lowest BCUT2D eigenvalue weighted by Crippen LogP contribution is -2.32. The van der Waals surface area contributed by atoms with Crippen molar-refractivity contribution in [2.45, 2.75) is 25.2 Å². The topological polar surface area (TPSA) is 56.1 Å². The van der Waals surface area contributed by atoms with Crippen LogP contribution in [0.3, 0.4) is 0 Å². The molecule has 0 amide bonds. The predicted octanol–water partition coefficient (Wildman–Crippen LogP) is 7.11. The number of tetrazole rings is 1. The summed E-state index contributed by atoms with van der Waals surface area (Å²) in [6.07, 6.45) is 0. The van der Waals surface area contributed by atoms with Crippen molar-refractivity contribution in [3.8, 4) is 5.75 Å². The van der Waals surface area contributed by atoms with Crippen molar-refractivity contribution in [2.75, 3.05) is 7.11 Å². The lowest BCUT2D eigenvalue weighted by atomic mass is 9.97. The standard InChI is InChI=1S/C36H33N5O/c1-42-33-24-22-32(23-25-33)35(40(26-28-14-6-2-7-15-28)27-29-16-8-3-9-17-29)36-37-38-39-41(36)34(30-18-10-4-11-19-30)31-20-12-5-13-21-31/h2-25,34-35H,26-27H2,1H3. The Morgan fingerprint density at radius 3 is 1.55 bits per heavy atom. The molecule has 42 heavy (non-hydrogen) atoms. The van der Waals surface area contributed by atoms with Crippen molar-refractivity contribution < 1.29 is 4.74 Å². The molecule has 0 bridgehead atoms. The number of aromatic nitrogens is 4. The maximum Gasteiger partial charge on any atom is 0.174 e. The van der Waals surface area contributed by atoms with E-state index in [1.54, 1.807) is 7.11 Å². The van der Waals surface area contributed by atoms with Crippen LogP contribution in [-0.4, -0.2) is 32.2 Å². The Labute approximate surface area is 246 Å². The molecule has 5 aromatic carbocycles. The van der Waals surface area contributed by atoms with Gasteiger partial charge in [0.05, 0.1) is 13.2 Å². The second-order valence-electron chi connectivity index (χ2n) is 10.3. The minimum absolute atomic E-state index is 0.201. The quantitative estimate of drug-likeness (QED) is 0.172. The van der Waals surface area contributed by atoms with Gasteiger partial charge in [0.15, 0.2) is 5.82 Å². The predicted molar refractivity (Wildman–Crippen MR) is 165 cm³/mol. The Kier molecular flexibility index (Phi) is 8.43. The third kappa shape index (κ3) is 6.14. The monoisotopic (exact) mass is 551 g/mol. The van der Waals surface area contributed by atoms with Gasteiger partial charge in [-0.3, -0.25) is 4.90 Å². The molecule has 0 saturated heterocycles. The van der Waals surface area contributed by atoms with Gasteiger partial charge < -0.3 is 4.74 Å². The zero-order chi connectivity index (χ0) is 28.6. The Balaban J connectivity index is 1.52. The van der Waals surface area contributed by atoms with Crippen LogP contribution in [-0.2, 0) is 13.1 Å². The first-order chi connectivity index (χ1) is 20.8. The molecule has 0 saturated carbocycles. The van der Waals surface area contributed by atoms with E-state index in [1.165, 1.54) is 11.1 Å². The van der Waals surface area contributed by atoms with Crippen LogP contribution in [0, 0.1) is 0 Å². The van der Waals surface area contributed by atoms with Gasteiger partial charge in [-0.15, -0.1) is 5.10 Å². The number of ether oxygens (including phenoxy) is 1. The molecular formula is C36H33N5O. The summed E-state index contributed by atoms with van der Waals surface area (Å²) in [6, 6.07) is 49.8. The highest BCUT2D eigenvalue weighted by Crippen LogP contribution is 2.35. The maximum absolute atomic E-state index is 5.51. The zero-order valence-electron chi connectivity index (χ0n) is 23.6. The molecule has 0 aliphatic rings. The lowest BCUT2D eigenvalue weighted by molar-refractivity contribution is 0.194. The van der Waals surface area contributed by atoms with E-state index in [0.717, 1.165) is 28.3 Å². The number of hydrogen-bond donors (Lipinski definition) is 0. The lowest BCUT2D eigenvalue weighted by Gasteiger charge is -2.33. The molecule has 6 rings (SSSR count). The molecule has 0 spiro atoms. The van der Waals surface area contributed by atoms with E-state index in [0.29, 0.717) is 13.1 Å². The van der Waals surface area contributed by atoms with Crippen LogP contribution in [0.2, 0.25) is 0 Å². The molecule has 0 aliphatic heterocycles. The fourth-order valence-corrected chi connectivity index (χ4v) is 5.49. The number of rotatable bonds is 11. The van der Waals surface area contributed by atoms with Crippen LogP contribution in [0.25, 0.3) is 0 Å². The van der Waals surface area contributed by atoms with Gasteiger partial charge in [0.25, 0.3) is 0 Å². The maximum atomic E-state index is 5.51. The molecule has 0 aliphatic carbocycles. The Bertz CT molecular complexity index is 1580. The summed E-state index contributed by atoms with van der Waals surface area (Å²) in [6.45, 7) is 1.42. The van der Waals surface area contributed by atoms with Crippen molar-refractivity contribution in [3.05, 3.63) is 179 Å². The average molecular weight is 552 g/mol. The first-order valence-corrected chi connectivity index (χ1v) is 14.1. The van der Waals surface area contributed by atoms with E-state index in [1.807, 2.05) is 28.9 Å². The largest absolute Gasteiger partial charge is 0.497 e. The number of benzene rings is 5. The molecule has 0 fully saturated rings. The first-order valence-electron chi connectivity index (χ1n) is 14.1. The molecule has 6 nitrogen and oxygen atoms in total. The Morgan fingerprint density at radius 2 is 1.07 bits per heavy atom. The average Bonchev–Trinajstić information content (AvgIpc) is 3.52. The van der Waals surface area contributed by atoms with Crippen molar-refractivity contribution in [3.63, 3.8) is 0 Å². The molecule has 1 unspecified atom stereocenters. The molecule has 0 N–H and O–H groups in total.